The number of nitrogens with zero attached hydrogens (tertiary/aromatic N) is 4. The molecule has 1 amide bonds. The Balaban J connectivity index is 1.27. The zero-order valence-electron chi connectivity index (χ0n) is 17.2. The predicted octanol–water partition coefficient (Wildman–Crippen LogP) is 6.01. The Kier molecular flexibility index (Phi) is 5.68. The minimum atomic E-state index is 0.0246. The number of benzene rings is 3. The summed E-state index contributed by atoms with van der Waals surface area (Å²) < 4.78 is 1.88. The van der Waals surface area contributed by atoms with Gasteiger partial charge in [0, 0.05) is 24.2 Å². The van der Waals surface area contributed by atoms with E-state index in [-0.39, 0.29) is 11.9 Å². The predicted molar refractivity (Wildman–Crippen MR) is 127 cm³/mol. The SMILES string of the molecule is O=C(c1ccc(-c2ccc(Cl)c(Cl)c2)cc1)N1CCC(n2cc(-c3ccccc3)nn2)C1. The highest BCUT2D eigenvalue weighted by molar-refractivity contribution is 6.42. The number of hydrogen-bond donors (Lipinski definition) is 0. The molecular formula is C25H20Cl2N4O. The molecule has 1 saturated heterocycles. The fourth-order valence-electron chi connectivity index (χ4n) is 4.00. The van der Waals surface area contributed by atoms with Gasteiger partial charge in [0.2, 0.25) is 0 Å². The number of halogens is 2. The lowest BCUT2D eigenvalue weighted by Gasteiger charge is -2.17. The molecule has 32 heavy (non-hydrogen) atoms. The molecule has 1 aromatic heterocycles. The van der Waals surface area contributed by atoms with Crippen molar-refractivity contribution in [2.24, 2.45) is 0 Å². The van der Waals surface area contributed by atoms with E-state index >= 15 is 0 Å². The first-order valence-electron chi connectivity index (χ1n) is 10.4. The Hall–Kier alpha value is -3.15. The second-order valence-electron chi connectivity index (χ2n) is 7.85. The Morgan fingerprint density at radius 1 is 0.875 bits per heavy atom. The standard InChI is InChI=1S/C25H20Cl2N4O/c26-22-11-10-20(14-23(22)27)17-6-8-19(9-7-17)25(32)30-13-12-21(15-30)31-16-24(28-29-31)18-4-2-1-3-5-18/h1-11,14,16,21H,12-13,15H2. The molecule has 160 valence electrons. The van der Waals surface area contributed by atoms with E-state index in [1.165, 1.54) is 0 Å². The number of rotatable bonds is 4. The normalized spacial score (nSPS) is 15.8. The maximum Gasteiger partial charge on any atom is 0.253 e. The van der Waals surface area contributed by atoms with Crippen LogP contribution in [0.4, 0.5) is 0 Å². The molecule has 1 atom stereocenters. The summed E-state index contributed by atoms with van der Waals surface area (Å²) in [4.78, 5) is 14.9. The zero-order chi connectivity index (χ0) is 22.1. The van der Waals surface area contributed by atoms with Crippen LogP contribution in [0.15, 0.2) is 79.0 Å². The summed E-state index contributed by atoms with van der Waals surface area (Å²) in [6.45, 7) is 1.31. The Morgan fingerprint density at radius 2 is 1.62 bits per heavy atom. The number of amides is 1. The van der Waals surface area contributed by atoms with Crippen LogP contribution in [0.2, 0.25) is 10.0 Å². The van der Waals surface area contributed by atoms with Gasteiger partial charge >= 0.3 is 0 Å². The summed E-state index contributed by atoms with van der Waals surface area (Å²) >= 11 is 12.1. The largest absolute Gasteiger partial charge is 0.336 e. The summed E-state index contributed by atoms with van der Waals surface area (Å²) in [7, 11) is 0. The van der Waals surface area contributed by atoms with Crippen LogP contribution in [0.25, 0.3) is 22.4 Å². The highest BCUT2D eigenvalue weighted by Gasteiger charge is 2.29. The topological polar surface area (TPSA) is 51.0 Å². The minimum Gasteiger partial charge on any atom is -0.336 e. The Bertz CT molecular complexity index is 1250. The van der Waals surface area contributed by atoms with Gasteiger partial charge in [-0.3, -0.25) is 4.79 Å². The Labute approximate surface area is 196 Å². The van der Waals surface area contributed by atoms with Gasteiger partial charge in [-0.1, -0.05) is 76.9 Å². The van der Waals surface area contributed by atoms with Gasteiger partial charge < -0.3 is 4.90 Å². The van der Waals surface area contributed by atoms with Gasteiger partial charge in [0.15, 0.2) is 0 Å². The van der Waals surface area contributed by atoms with Crippen LogP contribution in [0.3, 0.4) is 0 Å². The summed E-state index contributed by atoms with van der Waals surface area (Å²) in [5.74, 6) is 0.0246. The molecule has 0 aliphatic carbocycles. The minimum absolute atomic E-state index is 0.0246. The van der Waals surface area contributed by atoms with E-state index < -0.39 is 0 Å². The van der Waals surface area contributed by atoms with Crippen molar-refractivity contribution in [1.29, 1.82) is 0 Å². The van der Waals surface area contributed by atoms with Gasteiger partial charge in [0.25, 0.3) is 5.91 Å². The molecule has 1 fully saturated rings. The van der Waals surface area contributed by atoms with E-state index in [1.807, 2.05) is 82.5 Å². The number of carbonyl (C=O) groups excluding carboxylic acids is 1. The zero-order valence-corrected chi connectivity index (χ0v) is 18.7. The van der Waals surface area contributed by atoms with Gasteiger partial charge in [0.1, 0.15) is 5.69 Å². The van der Waals surface area contributed by atoms with Crippen molar-refractivity contribution in [2.75, 3.05) is 13.1 Å². The smallest absolute Gasteiger partial charge is 0.253 e. The summed E-state index contributed by atoms with van der Waals surface area (Å²) in [5.41, 5.74) is 4.48. The van der Waals surface area contributed by atoms with E-state index in [1.54, 1.807) is 6.07 Å². The van der Waals surface area contributed by atoms with Crippen molar-refractivity contribution in [1.82, 2.24) is 19.9 Å². The lowest BCUT2D eigenvalue weighted by molar-refractivity contribution is 0.0787. The van der Waals surface area contributed by atoms with Gasteiger partial charge in [-0.05, 0) is 41.8 Å². The quantitative estimate of drug-likeness (QED) is 0.373. The van der Waals surface area contributed by atoms with Gasteiger partial charge in [-0.25, -0.2) is 4.68 Å². The lowest BCUT2D eigenvalue weighted by Crippen LogP contribution is -2.29. The first-order chi connectivity index (χ1) is 15.6. The fourth-order valence-corrected chi connectivity index (χ4v) is 4.30. The van der Waals surface area contributed by atoms with Crippen LogP contribution < -0.4 is 0 Å². The van der Waals surface area contributed by atoms with E-state index in [0.717, 1.165) is 28.8 Å². The molecule has 7 heteroatoms. The van der Waals surface area contributed by atoms with Crippen molar-refractivity contribution in [2.45, 2.75) is 12.5 Å². The molecule has 3 aromatic carbocycles. The second kappa shape index (κ2) is 8.77. The molecule has 5 rings (SSSR count). The lowest BCUT2D eigenvalue weighted by atomic mass is 10.0. The maximum absolute atomic E-state index is 13.0. The van der Waals surface area contributed by atoms with Crippen molar-refractivity contribution >= 4 is 29.1 Å². The molecule has 0 spiro atoms. The third-order valence-electron chi connectivity index (χ3n) is 5.79. The van der Waals surface area contributed by atoms with Crippen molar-refractivity contribution in [3.63, 3.8) is 0 Å². The number of aromatic nitrogens is 3. The van der Waals surface area contributed by atoms with Crippen LogP contribution in [-0.2, 0) is 0 Å². The van der Waals surface area contributed by atoms with Crippen molar-refractivity contribution in [3.05, 3.63) is 94.6 Å². The molecule has 5 nitrogen and oxygen atoms in total. The number of hydrogen-bond acceptors (Lipinski definition) is 3. The first kappa shape index (κ1) is 20.7. The molecule has 4 aromatic rings. The van der Waals surface area contributed by atoms with Gasteiger partial charge in [-0.2, -0.15) is 0 Å². The third kappa shape index (κ3) is 4.14. The summed E-state index contributed by atoms with van der Waals surface area (Å²) in [5, 5.41) is 9.64. The van der Waals surface area contributed by atoms with Crippen LogP contribution in [-0.4, -0.2) is 38.9 Å². The second-order valence-corrected chi connectivity index (χ2v) is 8.66. The molecule has 1 aliphatic rings. The molecule has 0 N–H and O–H groups in total. The van der Waals surface area contributed by atoms with E-state index in [2.05, 4.69) is 10.3 Å². The van der Waals surface area contributed by atoms with Crippen LogP contribution >= 0.6 is 23.2 Å². The van der Waals surface area contributed by atoms with E-state index in [0.29, 0.717) is 28.7 Å². The number of carbonyl (C=O) groups is 1. The number of likely N-dealkylation sites (tertiary alicyclic amines) is 1. The monoisotopic (exact) mass is 462 g/mol. The molecule has 0 bridgehead atoms. The molecule has 1 unspecified atom stereocenters. The molecule has 1 aliphatic heterocycles. The van der Waals surface area contributed by atoms with Gasteiger partial charge in [-0.15, -0.1) is 5.10 Å². The van der Waals surface area contributed by atoms with Crippen molar-refractivity contribution in [3.8, 4) is 22.4 Å². The average molecular weight is 463 g/mol. The summed E-state index contributed by atoms with van der Waals surface area (Å²) in [6.07, 6.45) is 2.81. The van der Waals surface area contributed by atoms with Crippen molar-refractivity contribution < 1.29 is 4.79 Å². The Morgan fingerprint density at radius 3 is 2.38 bits per heavy atom. The van der Waals surface area contributed by atoms with Crippen LogP contribution in [0, 0.1) is 0 Å². The molecule has 2 heterocycles. The maximum atomic E-state index is 13.0. The highest BCUT2D eigenvalue weighted by atomic mass is 35.5. The van der Waals surface area contributed by atoms with Crippen LogP contribution in [0.5, 0.6) is 0 Å². The van der Waals surface area contributed by atoms with E-state index in [4.69, 9.17) is 23.2 Å². The molecule has 0 radical (unpaired) electrons. The highest BCUT2D eigenvalue weighted by Crippen LogP contribution is 2.29. The third-order valence-corrected chi connectivity index (χ3v) is 6.53. The first-order valence-corrected chi connectivity index (χ1v) is 11.2. The molecule has 0 saturated carbocycles. The van der Waals surface area contributed by atoms with Crippen LogP contribution in [0.1, 0.15) is 22.8 Å². The summed E-state index contributed by atoms with van der Waals surface area (Å²) in [6, 6.07) is 23.2. The van der Waals surface area contributed by atoms with E-state index in [9.17, 15) is 4.79 Å². The molecular weight excluding hydrogens is 443 g/mol. The fraction of sp³-hybridized carbons (Fsp3) is 0.160. The van der Waals surface area contributed by atoms with Gasteiger partial charge in [0.05, 0.1) is 22.3 Å². The average Bonchev–Trinajstić information content (AvgIpc) is 3.51.